The summed E-state index contributed by atoms with van der Waals surface area (Å²) in [5.74, 6) is 0.581. The van der Waals surface area contributed by atoms with E-state index in [1.54, 1.807) is 19.3 Å². The lowest BCUT2D eigenvalue weighted by atomic mass is 9.62. The first kappa shape index (κ1) is 20.8. The van der Waals surface area contributed by atoms with Crippen LogP contribution in [0.2, 0.25) is 0 Å². The van der Waals surface area contributed by atoms with Crippen LogP contribution < -0.4 is 5.32 Å². The highest BCUT2D eigenvalue weighted by atomic mass is 16.2. The van der Waals surface area contributed by atoms with E-state index in [-0.39, 0.29) is 29.1 Å². The van der Waals surface area contributed by atoms with Gasteiger partial charge in [0.05, 0.1) is 5.92 Å². The monoisotopic (exact) mass is 412 g/mol. The molecule has 162 valence electrons. The summed E-state index contributed by atoms with van der Waals surface area (Å²) in [4.78, 5) is 45.3. The number of nitrogens with zero attached hydrogens (tertiary/aromatic N) is 3. The molecule has 1 saturated carbocycles. The van der Waals surface area contributed by atoms with Crippen LogP contribution in [0.4, 0.5) is 0 Å². The average Bonchev–Trinajstić information content (AvgIpc) is 3.15. The Balaban J connectivity index is 1.32. The Bertz CT molecular complexity index is 785. The third kappa shape index (κ3) is 4.35. The third-order valence-electron chi connectivity index (χ3n) is 7.41. The minimum absolute atomic E-state index is 0.0318. The van der Waals surface area contributed by atoms with E-state index in [1.165, 1.54) is 0 Å². The summed E-state index contributed by atoms with van der Waals surface area (Å²) in [6, 6.07) is 3.81. The molecule has 1 spiro atoms. The van der Waals surface area contributed by atoms with Gasteiger partial charge in [-0.1, -0.05) is 6.42 Å². The Morgan fingerprint density at radius 2 is 1.83 bits per heavy atom. The Hall–Kier alpha value is -2.44. The molecule has 3 aliphatic rings. The Kier molecular flexibility index (Phi) is 6.06. The van der Waals surface area contributed by atoms with Crippen LogP contribution in [0.3, 0.4) is 0 Å². The first-order valence-corrected chi connectivity index (χ1v) is 11.2. The summed E-state index contributed by atoms with van der Waals surface area (Å²) in [5, 5.41) is 3.08. The van der Waals surface area contributed by atoms with E-state index in [2.05, 4.69) is 10.3 Å². The second-order valence-electron chi connectivity index (χ2n) is 9.27. The van der Waals surface area contributed by atoms with E-state index < -0.39 is 0 Å². The second kappa shape index (κ2) is 8.74. The van der Waals surface area contributed by atoms with Gasteiger partial charge in [0, 0.05) is 63.9 Å². The van der Waals surface area contributed by atoms with E-state index in [9.17, 15) is 14.4 Å². The fourth-order valence-electron chi connectivity index (χ4n) is 5.30. The van der Waals surface area contributed by atoms with Crippen molar-refractivity contribution < 1.29 is 14.4 Å². The van der Waals surface area contributed by atoms with E-state index in [4.69, 9.17) is 0 Å². The zero-order valence-electron chi connectivity index (χ0n) is 17.8. The Morgan fingerprint density at radius 3 is 2.43 bits per heavy atom. The summed E-state index contributed by atoms with van der Waals surface area (Å²) < 4.78 is 0. The SMILES string of the molecule is CC(=O)N1CCC(CC(=O)N2CC(C(=O)NCc3ccncc3)C3(CCC3)C2)CC1. The van der Waals surface area contributed by atoms with Crippen molar-refractivity contribution >= 4 is 17.7 Å². The number of carbonyl (C=O) groups excluding carboxylic acids is 3. The number of hydrogen-bond donors (Lipinski definition) is 1. The Morgan fingerprint density at radius 1 is 1.13 bits per heavy atom. The fraction of sp³-hybridized carbons (Fsp3) is 0.652. The average molecular weight is 413 g/mol. The zero-order chi connectivity index (χ0) is 21.1. The van der Waals surface area contributed by atoms with Gasteiger partial charge in [-0.3, -0.25) is 19.4 Å². The van der Waals surface area contributed by atoms with Crippen LogP contribution in [-0.2, 0) is 20.9 Å². The van der Waals surface area contributed by atoms with Crippen molar-refractivity contribution in [2.45, 2.75) is 52.0 Å². The van der Waals surface area contributed by atoms with Gasteiger partial charge in [-0.05, 0) is 49.3 Å². The lowest BCUT2D eigenvalue weighted by Gasteiger charge is -2.42. The van der Waals surface area contributed by atoms with Crippen molar-refractivity contribution in [1.82, 2.24) is 20.1 Å². The maximum Gasteiger partial charge on any atom is 0.225 e. The summed E-state index contributed by atoms with van der Waals surface area (Å²) in [7, 11) is 0. The normalized spacial score (nSPS) is 23.3. The molecule has 3 amide bonds. The van der Waals surface area contributed by atoms with Gasteiger partial charge in [0.25, 0.3) is 0 Å². The number of likely N-dealkylation sites (tertiary alicyclic amines) is 2. The van der Waals surface area contributed by atoms with Crippen molar-refractivity contribution in [2.24, 2.45) is 17.3 Å². The molecule has 0 bridgehead atoms. The van der Waals surface area contributed by atoms with E-state index >= 15 is 0 Å². The smallest absolute Gasteiger partial charge is 0.225 e. The molecule has 3 fully saturated rings. The number of rotatable bonds is 5. The molecule has 1 aromatic rings. The summed E-state index contributed by atoms with van der Waals surface area (Å²) in [5.41, 5.74) is 1.000. The first-order valence-electron chi connectivity index (χ1n) is 11.2. The number of nitrogens with one attached hydrogen (secondary N) is 1. The van der Waals surface area contributed by atoms with Crippen LogP contribution in [0.5, 0.6) is 0 Å². The molecule has 4 rings (SSSR count). The molecule has 3 heterocycles. The highest BCUT2D eigenvalue weighted by Crippen LogP contribution is 2.52. The molecule has 1 aliphatic carbocycles. The van der Waals surface area contributed by atoms with Crippen molar-refractivity contribution in [3.05, 3.63) is 30.1 Å². The van der Waals surface area contributed by atoms with Gasteiger partial charge in [-0.2, -0.15) is 0 Å². The van der Waals surface area contributed by atoms with Gasteiger partial charge in [0.15, 0.2) is 0 Å². The molecule has 1 atom stereocenters. The van der Waals surface area contributed by atoms with Crippen LogP contribution in [0, 0.1) is 17.3 Å². The summed E-state index contributed by atoms with van der Waals surface area (Å²) in [6.45, 7) is 4.84. The minimum atomic E-state index is -0.114. The molecule has 7 nitrogen and oxygen atoms in total. The lowest BCUT2D eigenvalue weighted by molar-refractivity contribution is -0.133. The van der Waals surface area contributed by atoms with E-state index in [1.807, 2.05) is 21.9 Å². The topological polar surface area (TPSA) is 82.6 Å². The third-order valence-corrected chi connectivity index (χ3v) is 7.41. The number of aromatic nitrogens is 1. The van der Waals surface area contributed by atoms with Crippen molar-refractivity contribution in [1.29, 1.82) is 0 Å². The van der Waals surface area contributed by atoms with Gasteiger partial charge in [0.1, 0.15) is 0 Å². The highest BCUT2D eigenvalue weighted by Gasteiger charge is 2.54. The van der Waals surface area contributed by atoms with Gasteiger partial charge < -0.3 is 15.1 Å². The Labute approximate surface area is 178 Å². The minimum Gasteiger partial charge on any atom is -0.352 e. The molecule has 2 saturated heterocycles. The molecule has 1 unspecified atom stereocenters. The molecular formula is C23H32N4O3. The van der Waals surface area contributed by atoms with Crippen LogP contribution in [0.15, 0.2) is 24.5 Å². The van der Waals surface area contributed by atoms with Gasteiger partial charge in [-0.15, -0.1) is 0 Å². The predicted octanol–water partition coefficient (Wildman–Crippen LogP) is 1.98. The number of pyridine rings is 1. The highest BCUT2D eigenvalue weighted by molar-refractivity contribution is 5.83. The molecular weight excluding hydrogens is 380 g/mol. The fourth-order valence-corrected chi connectivity index (χ4v) is 5.30. The number of carbonyl (C=O) groups is 3. The molecule has 2 aliphatic heterocycles. The number of piperidine rings is 1. The summed E-state index contributed by atoms with van der Waals surface area (Å²) in [6.07, 6.45) is 8.97. The van der Waals surface area contributed by atoms with Crippen molar-refractivity contribution in [3.63, 3.8) is 0 Å². The van der Waals surface area contributed by atoms with Crippen LogP contribution >= 0.6 is 0 Å². The number of hydrogen-bond acceptors (Lipinski definition) is 4. The summed E-state index contributed by atoms with van der Waals surface area (Å²) >= 11 is 0. The van der Waals surface area contributed by atoms with Gasteiger partial charge in [-0.25, -0.2) is 0 Å². The molecule has 30 heavy (non-hydrogen) atoms. The van der Waals surface area contributed by atoms with Crippen molar-refractivity contribution in [3.8, 4) is 0 Å². The van der Waals surface area contributed by atoms with E-state index in [0.717, 1.165) is 50.8 Å². The molecule has 1 N–H and O–H groups in total. The lowest BCUT2D eigenvalue weighted by Crippen LogP contribution is -2.45. The molecule has 1 aromatic heterocycles. The quantitative estimate of drug-likeness (QED) is 0.802. The van der Waals surface area contributed by atoms with Crippen LogP contribution in [0.25, 0.3) is 0 Å². The first-order chi connectivity index (χ1) is 14.5. The molecule has 0 radical (unpaired) electrons. The predicted molar refractivity (Wildman–Crippen MR) is 112 cm³/mol. The maximum atomic E-state index is 13.0. The van der Waals surface area contributed by atoms with Crippen LogP contribution in [0.1, 0.15) is 51.0 Å². The second-order valence-corrected chi connectivity index (χ2v) is 9.27. The zero-order valence-corrected chi connectivity index (χ0v) is 17.8. The number of amides is 3. The van der Waals surface area contributed by atoms with Crippen LogP contribution in [-0.4, -0.2) is 58.7 Å². The molecule has 0 aromatic carbocycles. The van der Waals surface area contributed by atoms with Crippen molar-refractivity contribution in [2.75, 3.05) is 26.2 Å². The maximum absolute atomic E-state index is 13.0. The molecule has 7 heteroatoms. The van der Waals surface area contributed by atoms with E-state index in [0.29, 0.717) is 32.0 Å². The standard InChI is InChI=1S/C23H32N4O3/c1-17(28)26-11-5-18(6-12-26)13-21(29)27-15-20(23(16-27)7-2-8-23)22(30)25-14-19-3-9-24-10-4-19/h3-4,9-10,18,20H,2,5-8,11-16H2,1H3,(H,25,30). The largest absolute Gasteiger partial charge is 0.352 e. The van der Waals surface area contributed by atoms with Gasteiger partial charge >= 0.3 is 0 Å². The van der Waals surface area contributed by atoms with Gasteiger partial charge in [0.2, 0.25) is 17.7 Å².